The van der Waals surface area contributed by atoms with Gasteiger partial charge < -0.3 is 10.2 Å². The first kappa shape index (κ1) is 12.0. The average molecular weight is 239 g/mol. The second-order valence-electron chi connectivity index (χ2n) is 3.78. The largest absolute Gasteiger partial charge is 0.456 e. The first-order valence-corrected chi connectivity index (χ1v) is 5.49. The van der Waals surface area contributed by atoms with E-state index in [0.717, 1.165) is 11.3 Å². The van der Waals surface area contributed by atoms with Gasteiger partial charge in [0.1, 0.15) is 17.6 Å². The molecule has 4 heteroatoms. The van der Waals surface area contributed by atoms with Gasteiger partial charge in [0.05, 0.1) is 11.3 Å². The summed E-state index contributed by atoms with van der Waals surface area (Å²) in [5.74, 6) is 6.62. The lowest BCUT2D eigenvalue weighted by atomic mass is 10.1. The Morgan fingerprint density at radius 1 is 1.11 bits per heavy atom. The van der Waals surface area contributed by atoms with Crippen molar-refractivity contribution in [1.29, 1.82) is 5.26 Å². The van der Waals surface area contributed by atoms with E-state index in [1.165, 1.54) is 0 Å². The fraction of sp³-hybridized carbons (Fsp3) is 0.0714. The van der Waals surface area contributed by atoms with Gasteiger partial charge in [-0.25, -0.2) is 0 Å². The van der Waals surface area contributed by atoms with Gasteiger partial charge in [0.25, 0.3) is 0 Å². The number of ether oxygens (including phenoxy) is 1. The SMILES string of the molecule is Cc1c(NN)cccc1Oc1ccccc1C#N. The van der Waals surface area contributed by atoms with Crippen LogP contribution in [0.25, 0.3) is 0 Å². The molecule has 0 aromatic heterocycles. The van der Waals surface area contributed by atoms with Gasteiger partial charge in [-0.1, -0.05) is 18.2 Å². The molecule has 0 atom stereocenters. The first-order valence-electron chi connectivity index (χ1n) is 5.49. The summed E-state index contributed by atoms with van der Waals surface area (Å²) in [4.78, 5) is 0. The highest BCUT2D eigenvalue weighted by atomic mass is 16.5. The van der Waals surface area contributed by atoms with Crippen LogP contribution in [0.4, 0.5) is 5.69 Å². The summed E-state index contributed by atoms with van der Waals surface area (Å²) in [6.07, 6.45) is 0. The van der Waals surface area contributed by atoms with E-state index in [0.29, 0.717) is 17.1 Å². The van der Waals surface area contributed by atoms with Gasteiger partial charge >= 0.3 is 0 Å². The second-order valence-corrected chi connectivity index (χ2v) is 3.78. The molecule has 0 spiro atoms. The van der Waals surface area contributed by atoms with Crippen molar-refractivity contribution in [3.63, 3.8) is 0 Å². The number of nitrogens with zero attached hydrogens (tertiary/aromatic N) is 1. The van der Waals surface area contributed by atoms with Gasteiger partial charge in [-0.3, -0.25) is 5.84 Å². The summed E-state index contributed by atoms with van der Waals surface area (Å²) >= 11 is 0. The minimum Gasteiger partial charge on any atom is -0.456 e. The molecule has 0 heterocycles. The third-order valence-corrected chi connectivity index (χ3v) is 2.67. The number of para-hydroxylation sites is 1. The van der Waals surface area contributed by atoms with E-state index in [4.69, 9.17) is 15.8 Å². The molecule has 0 saturated carbocycles. The highest BCUT2D eigenvalue weighted by molar-refractivity contribution is 5.57. The van der Waals surface area contributed by atoms with E-state index >= 15 is 0 Å². The molecule has 4 nitrogen and oxygen atoms in total. The molecular weight excluding hydrogens is 226 g/mol. The Balaban J connectivity index is 2.38. The van der Waals surface area contributed by atoms with Gasteiger partial charge in [0.2, 0.25) is 0 Å². The number of nitrogens with two attached hydrogens (primary N) is 1. The number of hydrazine groups is 1. The van der Waals surface area contributed by atoms with Gasteiger partial charge in [0, 0.05) is 5.56 Å². The standard InChI is InChI=1S/C14H13N3O/c1-10-12(17-16)6-4-8-13(10)18-14-7-3-2-5-11(14)9-15/h2-8,17H,16H2,1H3. The molecule has 2 aromatic carbocycles. The predicted octanol–water partition coefficient (Wildman–Crippen LogP) is 2.94. The number of benzene rings is 2. The van der Waals surface area contributed by atoms with Crippen LogP contribution in [0.15, 0.2) is 42.5 Å². The summed E-state index contributed by atoms with van der Waals surface area (Å²) in [6.45, 7) is 1.90. The zero-order valence-corrected chi connectivity index (χ0v) is 9.97. The lowest BCUT2D eigenvalue weighted by Gasteiger charge is -2.12. The second kappa shape index (κ2) is 5.21. The maximum atomic E-state index is 9.00. The molecule has 0 unspecified atom stereocenters. The lowest BCUT2D eigenvalue weighted by molar-refractivity contribution is 0.477. The minimum absolute atomic E-state index is 0.503. The Kier molecular flexibility index (Phi) is 3.46. The number of nitriles is 1. The molecule has 0 saturated heterocycles. The maximum absolute atomic E-state index is 9.00. The number of hydrogen-bond donors (Lipinski definition) is 2. The van der Waals surface area contributed by atoms with E-state index in [1.54, 1.807) is 18.2 Å². The molecule has 0 bridgehead atoms. The van der Waals surface area contributed by atoms with Crippen molar-refractivity contribution in [2.75, 3.05) is 5.43 Å². The predicted molar refractivity (Wildman–Crippen MR) is 70.2 cm³/mol. The zero-order valence-electron chi connectivity index (χ0n) is 9.97. The molecule has 0 aliphatic heterocycles. The molecule has 90 valence electrons. The summed E-state index contributed by atoms with van der Waals surface area (Å²) in [6, 6.07) is 14.7. The summed E-state index contributed by atoms with van der Waals surface area (Å²) in [7, 11) is 0. The number of hydrogen-bond acceptors (Lipinski definition) is 4. The van der Waals surface area contributed by atoms with E-state index in [2.05, 4.69) is 11.5 Å². The first-order chi connectivity index (χ1) is 8.76. The summed E-state index contributed by atoms with van der Waals surface area (Å²) in [5.41, 5.74) is 4.80. The van der Waals surface area contributed by atoms with Crippen molar-refractivity contribution in [3.05, 3.63) is 53.6 Å². The van der Waals surface area contributed by atoms with Crippen molar-refractivity contribution in [3.8, 4) is 17.6 Å². The van der Waals surface area contributed by atoms with Crippen LogP contribution >= 0.6 is 0 Å². The van der Waals surface area contributed by atoms with E-state index < -0.39 is 0 Å². The Labute approximate surface area is 106 Å². The third-order valence-electron chi connectivity index (χ3n) is 2.67. The molecule has 0 aliphatic carbocycles. The van der Waals surface area contributed by atoms with Crippen molar-refractivity contribution < 1.29 is 4.74 Å². The lowest BCUT2D eigenvalue weighted by Crippen LogP contribution is -2.08. The Morgan fingerprint density at radius 3 is 2.56 bits per heavy atom. The van der Waals surface area contributed by atoms with E-state index in [1.807, 2.05) is 31.2 Å². The maximum Gasteiger partial charge on any atom is 0.145 e. The molecule has 0 fully saturated rings. The van der Waals surface area contributed by atoms with E-state index in [-0.39, 0.29) is 0 Å². The Hall–Kier alpha value is -2.51. The van der Waals surface area contributed by atoms with Crippen LogP contribution in [-0.4, -0.2) is 0 Å². The van der Waals surface area contributed by atoms with Crippen LogP contribution in [0, 0.1) is 18.3 Å². The minimum atomic E-state index is 0.503. The fourth-order valence-corrected chi connectivity index (χ4v) is 1.65. The Bertz CT molecular complexity index is 602. The molecule has 0 aliphatic rings. The van der Waals surface area contributed by atoms with Crippen LogP contribution in [-0.2, 0) is 0 Å². The monoisotopic (exact) mass is 239 g/mol. The molecule has 18 heavy (non-hydrogen) atoms. The summed E-state index contributed by atoms with van der Waals surface area (Å²) in [5, 5.41) is 9.00. The molecule has 0 amide bonds. The highest BCUT2D eigenvalue weighted by Crippen LogP contribution is 2.30. The van der Waals surface area contributed by atoms with E-state index in [9.17, 15) is 0 Å². The van der Waals surface area contributed by atoms with Crippen LogP contribution in [0.2, 0.25) is 0 Å². The molecule has 3 N–H and O–H groups in total. The van der Waals surface area contributed by atoms with Gasteiger partial charge in [-0.2, -0.15) is 5.26 Å². The number of rotatable bonds is 3. The quantitative estimate of drug-likeness (QED) is 0.638. The van der Waals surface area contributed by atoms with Gasteiger partial charge in [-0.05, 0) is 31.2 Å². The molecular formula is C14H13N3O. The van der Waals surface area contributed by atoms with Crippen molar-refractivity contribution in [1.82, 2.24) is 0 Å². The molecule has 0 radical (unpaired) electrons. The zero-order chi connectivity index (χ0) is 13.0. The van der Waals surface area contributed by atoms with Gasteiger partial charge in [0.15, 0.2) is 0 Å². The smallest absolute Gasteiger partial charge is 0.145 e. The van der Waals surface area contributed by atoms with Crippen LogP contribution < -0.4 is 16.0 Å². The number of anilines is 1. The number of nitrogen functional groups attached to an aromatic ring is 1. The normalized spacial score (nSPS) is 9.61. The van der Waals surface area contributed by atoms with Crippen molar-refractivity contribution in [2.24, 2.45) is 5.84 Å². The van der Waals surface area contributed by atoms with Crippen LogP contribution in [0.5, 0.6) is 11.5 Å². The fourth-order valence-electron chi connectivity index (χ4n) is 1.65. The van der Waals surface area contributed by atoms with Crippen LogP contribution in [0.3, 0.4) is 0 Å². The summed E-state index contributed by atoms with van der Waals surface area (Å²) < 4.78 is 5.76. The van der Waals surface area contributed by atoms with Gasteiger partial charge in [-0.15, -0.1) is 0 Å². The van der Waals surface area contributed by atoms with Crippen LogP contribution in [0.1, 0.15) is 11.1 Å². The number of nitrogens with one attached hydrogen (secondary N) is 1. The topological polar surface area (TPSA) is 71.1 Å². The molecule has 2 rings (SSSR count). The average Bonchev–Trinajstić information content (AvgIpc) is 2.42. The molecule has 2 aromatic rings. The Morgan fingerprint density at radius 2 is 1.83 bits per heavy atom. The van der Waals surface area contributed by atoms with Crippen molar-refractivity contribution >= 4 is 5.69 Å². The highest BCUT2D eigenvalue weighted by Gasteiger charge is 2.07. The van der Waals surface area contributed by atoms with Crippen molar-refractivity contribution in [2.45, 2.75) is 6.92 Å². The third kappa shape index (κ3) is 2.26.